The molecular weight excluding hydrogens is 193 g/mol. The molecule has 0 radical (unpaired) electrons. The van der Waals surface area contributed by atoms with Gasteiger partial charge in [0.1, 0.15) is 5.82 Å². The lowest BCUT2D eigenvalue weighted by molar-refractivity contribution is 0.0388. The Morgan fingerprint density at radius 2 is 2.20 bits per heavy atom. The lowest BCUT2D eigenvalue weighted by atomic mass is 9.80. The van der Waals surface area contributed by atoms with Crippen molar-refractivity contribution in [1.29, 1.82) is 0 Å². The summed E-state index contributed by atoms with van der Waals surface area (Å²) < 4.78 is 12.9. The fourth-order valence-electron chi connectivity index (χ4n) is 2.14. The summed E-state index contributed by atoms with van der Waals surface area (Å²) in [5.74, 6) is -0.301. The van der Waals surface area contributed by atoms with Crippen LogP contribution in [0.1, 0.15) is 31.9 Å². The monoisotopic (exact) mass is 209 g/mol. The van der Waals surface area contributed by atoms with Gasteiger partial charge >= 0.3 is 0 Å². The molecule has 0 aromatic heterocycles. The summed E-state index contributed by atoms with van der Waals surface area (Å²) in [7, 11) is 0. The largest absolute Gasteiger partial charge is 0.387 e. The van der Waals surface area contributed by atoms with Gasteiger partial charge < -0.3 is 10.4 Å². The Balaban J connectivity index is 2.06. The fourth-order valence-corrected chi connectivity index (χ4v) is 2.14. The van der Waals surface area contributed by atoms with Crippen molar-refractivity contribution >= 4 is 0 Å². The molecule has 1 fully saturated rings. The van der Waals surface area contributed by atoms with Crippen LogP contribution in [0.4, 0.5) is 4.39 Å². The highest BCUT2D eigenvalue weighted by atomic mass is 19.1. The number of hydrogen-bond donors (Lipinski definition) is 2. The van der Waals surface area contributed by atoms with E-state index < -0.39 is 6.10 Å². The highest BCUT2D eigenvalue weighted by Crippen LogP contribution is 2.32. The van der Waals surface area contributed by atoms with E-state index >= 15 is 0 Å². The predicted molar refractivity (Wildman–Crippen MR) is 57.0 cm³/mol. The molecule has 3 heteroatoms. The molecule has 1 heterocycles. The van der Waals surface area contributed by atoms with Crippen LogP contribution in [0, 0.1) is 5.82 Å². The quantitative estimate of drug-likeness (QED) is 0.780. The van der Waals surface area contributed by atoms with E-state index in [1.807, 2.05) is 0 Å². The van der Waals surface area contributed by atoms with Gasteiger partial charge in [0.2, 0.25) is 0 Å². The molecule has 1 aliphatic rings. The zero-order valence-electron chi connectivity index (χ0n) is 9.00. The Hall–Kier alpha value is -0.930. The van der Waals surface area contributed by atoms with E-state index in [1.165, 1.54) is 12.1 Å². The second-order valence-electron chi connectivity index (χ2n) is 4.84. The molecule has 2 nitrogen and oxygen atoms in total. The van der Waals surface area contributed by atoms with E-state index in [4.69, 9.17) is 0 Å². The first kappa shape index (κ1) is 10.6. The van der Waals surface area contributed by atoms with Gasteiger partial charge in [0.25, 0.3) is 0 Å². The Labute approximate surface area is 89.1 Å². The second kappa shape index (κ2) is 3.58. The summed E-state index contributed by atoms with van der Waals surface area (Å²) >= 11 is 0. The molecule has 0 bridgehead atoms. The average Bonchev–Trinajstić information content (AvgIpc) is 2.13. The smallest absolute Gasteiger partial charge is 0.123 e. The molecule has 15 heavy (non-hydrogen) atoms. The van der Waals surface area contributed by atoms with Crippen LogP contribution in [0.15, 0.2) is 24.3 Å². The minimum atomic E-state index is -0.617. The van der Waals surface area contributed by atoms with Gasteiger partial charge in [0.15, 0.2) is 0 Å². The molecule has 1 unspecified atom stereocenters. The normalized spacial score (nSPS) is 25.7. The molecule has 2 N–H and O–H groups in total. The lowest BCUT2D eigenvalue weighted by Crippen LogP contribution is -2.61. The Morgan fingerprint density at radius 1 is 1.53 bits per heavy atom. The van der Waals surface area contributed by atoms with Crippen molar-refractivity contribution in [2.24, 2.45) is 0 Å². The third-order valence-corrected chi connectivity index (χ3v) is 2.88. The summed E-state index contributed by atoms with van der Waals surface area (Å²) in [6.07, 6.45) is 0.290. The van der Waals surface area contributed by atoms with E-state index in [2.05, 4.69) is 19.2 Å². The highest BCUT2D eigenvalue weighted by Gasteiger charge is 2.39. The van der Waals surface area contributed by atoms with Gasteiger partial charge in [0.05, 0.1) is 6.10 Å². The third-order valence-electron chi connectivity index (χ3n) is 2.88. The van der Waals surface area contributed by atoms with E-state index in [1.54, 1.807) is 12.1 Å². The van der Waals surface area contributed by atoms with Crippen LogP contribution >= 0.6 is 0 Å². The van der Waals surface area contributed by atoms with Crippen molar-refractivity contribution < 1.29 is 9.50 Å². The number of hydrogen-bond acceptors (Lipinski definition) is 2. The first-order chi connectivity index (χ1) is 6.98. The van der Waals surface area contributed by atoms with Gasteiger partial charge in [0, 0.05) is 11.6 Å². The van der Waals surface area contributed by atoms with Gasteiger partial charge in [-0.05, 0) is 38.0 Å². The summed E-state index contributed by atoms with van der Waals surface area (Å²) in [5.41, 5.74) is 0.738. The predicted octanol–water partition coefficient (Wildman–Crippen LogP) is 2.00. The van der Waals surface area contributed by atoms with Gasteiger partial charge in [-0.2, -0.15) is 0 Å². The molecule has 82 valence electrons. The van der Waals surface area contributed by atoms with Crippen LogP contribution in [0.2, 0.25) is 0 Å². The van der Waals surface area contributed by atoms with Crippen molar-refractivity contribution in [3.63, 3.8) is 0 Å². The van der Waals surface area contributed by atoms with Crippen molar-refractivity contribution in [1.82, 2.24) is 5.32 Å². The van der Waals surface area contributed by atoms with E-state index in [9.17, 15) is 9.50 Å². The van der Waals surface area contributed by atoms with E-state index in [0.29, 0.717) is 5.56 Å². The maximum atomic E-state index is 12.9. The zero-order valence-corrected chi connectivity index (χ0v) is 9.00. The van der Waals surface area contributed by atoms with Crippen LogP contribution in [0.5, 0.6) is 0 Å². The van der Waals surface area contributed by atoms with E-state index in [-0.39, 0.29) is 17.4 Å². The summed E-state index contributed by atoms with van der Waals surface area (Å²) in [4.78, 5) is 0. The first-order valence-electron chi connectivity index (χ1n) is 5.19. The number of halogens is 1. The first-order valence-corrected chi connectivity index (χ1v) is 5.19. The van der Waals surface area contributed by atoms with Crippen molar-refractivity contribution in [2.75, 3.05) is 0 Å². The van der Waals surface area contributed by atoms with Crippen LogP contribution in [-0.2, 0) is 0 Å². The minimum Gasteiger partial charge on any atom is -0.387 e. The van der Waals surface area contributed by atoms with Crippen molar-refractivity contribution in [3.05, 3.63) is 35.6 Å². The van der Waals surface area contributed by atoms with Crippen molar-refractivity contribution in [2.45, 2.75) is 38.0 Å². The zero-order chi connectivity index (χ0) is 11.1. The van der Waals surface area contributed by atoms with Crippen LogP contribution in [-0.4, -0.2) is 16.7 Å². The highest BCUT2D eigenvalue weighted by molar-refractivity contribution is 5.22. The van der Waals surface area contributed by atoms with E-state index in [0.717, 1.165) is 6.42 Å². The molecule has 1 aromatic rings. The Bertz CT molecular complexity index is 356. The molecule has 1 saturated heterocycles. The lowest BCUT2D eigenvalue weighted by Gasteiger charge is -2.46. The fraction of sp³-hybridized carbons (Fsp3) is 0.500. The number of aliphatic hydroxyl groups excluding tert-OH is 1. The molecule has 0 aliphatic carbocycles. The van der Waals surface area contributed by atoms with Crippen molar-refractivity contribution in [3.8, 4) is 0 Å². The van der Waals surface area contributed by atoms with Gasteiger partial charge in [-0.25, -0.2) is 4.39 Å². The maximum Gasteiger partial charge on any atom is 0.123 e. The molecule has 2 atom stereocenters. The van der Waals surface area contributed by atoms with Gasteiger partial charge in [-0.15, -0.1) is 0 Å². The molecular formula is C12H16FNO. The van der Waals surface area contributed by atoms with Crippen LogP contribution in [0.25, 0.3) is 0 Å². The average molecular weight is 209 g/mol. The number of aliphatic hydroxyl groups is 1. The molecule has 0 saturated carbocycles. The number of benzene rings is 1. The summed E-state index contributed by atoms with van der Waals surface area (Å²) in [6, 6.07) is 6.19. The Morgan fingerprint density at radius 3 is 2.73 bits per heavy atom. The van der Waals surface area contributed by atoms with Gasteiger partial charge in [-0.1, -0.05) is 12.1 Å². The molecule has 1 aliphatic heterocycles. The minimum absolute atomic E-state index is 0.0433. The summed E-state index contributed by atoms with van der Waals surface area (Å²) in [5, 5.41) is 13.2. The number of nitrogens with one attached hydrogen (secondary N) is 1. The molecule has 1 aromatic carbocycles. The molecule has 0 amide bonds. The molecule has 0 spiro atoms. The number of rotatable bonds is 2. The molecule has 2 rings (SSSR count). The van der Waals surface area contributed by atoms with Crippen LogP contribution < -0.4 is 5.32 Å². The SMILES string of the molecule is CC1(C)C[C@@H](C(O)c2cccc(F)c2)N1. The third kappa shape index (κ3) is 2.19. The van der Waals surface area contributed by atoms with Crippen LogP contribution in [0.3, 0.4) is 0 Å². The van der Waals surface area contributed by atoms with Gasteiger partial charge in [-0.3, -0.25) is 0 Å². The second-order valence-corrected chi connectivity index (χ2v) is 4.84. The topological polar surface area (TPSA) is 32.3 Å². The standard InChI is InChI=1S/C12H16FNO/c1-12(2)7-10(14-12)11(15)8-4-3-5-9(13)6-8/h3-6,10-11,14-15H,7H2,1-2H3/t10-,11?/m0/s1. The Kier molecular flexibility index (Phi) is 2.52. The summed E-state index contributed by atoms with van der Waals surface area (Å²) in [6.45, 7) is 4.17. The maximum absolute atomic E-state index is 12.9.